The fraction of sp³-hybridized carbons (Fsp3) is 0.636. The lowest BCUT2D eigenvalue weighted by Crippen LogP contribution is -2.24. The van der Waals surface area contributed by atoms with E-state index in [4.69, 9.17) is 5.73 Å². The van der Waals surface area contributed by atoms with Crippen LogP contribution in [0.15, 0.2) is 24.3 Å². The van der Waals surface area contributed by atoms with Gasteiger partial charge in [0.2, 0.25) is 0 Å². The van der Waals surface area contributed by atoms with Crippen molar-refractivity contribution in [3.8, 4) is 0 Å². The van der Waals surface area contributed by atoms with Gasteiger partial charge in [0, 0.05) is 6.04 Å². The number of allylic oxidation sites excluding steroid dienone is 4. The Hall–Kier alpha value is -0.560. The molecule has 0 saturated carbocycles. The van der Waals surface area contributed by atoms with E-state index in [0.29, 0.717) is 17.9 Å². The molecular formula is C11H19N. The average molecular weight is 165 g/mol. The lowest BCUT2D eigenvalue weighted by atomic mass is 9.85. The van der Waals surface area contributed by atoms with E-state index in [9.17, 15) is 0 Å². The highest BCUT2D eigenvalue weighted by Crippen LogP contribution is 2.23. The van der Waals surface area contributed by atoms with Crippen molar-refractivity contribution in [1.82, 2.24) is 0 Å². The smallest absolute Gasteiger partial charge is 0.00420 e. The molecule has 3 unspecified atom stereocenters. The second-order valence-corrected chi connectivity index (χ2v) is 3.70. The Labute approximate surface area is 75.3 Å². The van der Waals surface area contributed by atoms with Gasteiger partial charge in [-0.1, -0.05) is 38.2 Å². The SMILES string of the molecule is CCC(N)CC1C=CC=CC1C. The summed E-state index contributed by atoms with van der Waals surface area (Å²) < 4.78 is 0. The third-order valence-corrected chi connectivity index (χ3v) is 2.66. The van der Waals surface area contributed by atoms with Gasteiger partial charge in [-0.3, -0.25) is 0 Å². The summed E-state index contributed by atoms with van der Waals surface area (Å²) in [4.78, 5) is 0. The van der Waals surface area contributed by atoms with Crippen molar-refractivity contribution in [1.29, 1.82) is 0 Å². The van der Waals surface area contributed by atoms with Crippen LogP contribution in [-0.2, 0) is 0 Å². The maximum absolute atomic E-state index is 5.91. The molecule has 0 bridgehead atoms. The predicted molar refractivity (Wildman–Crippen MR) is 53.8 cm³/mol. The van der Waals surface area contributed by atoms with E-state index >= 15 is 0 Å². The standard InChI is InChI=1S/C11H19N/c1-3-11(12)8-10-7-5-4-6-9(10)2/h4-7,9-11H,3,8,12H2,1-2H3. The zero-order chi connectivity index (χ0) is 8.97. The highest BCUT2D eigenvalue weighted by molar-refractivity contribution is 5.13. The first-order chi connectivity index (χ1) is 5.74. The molecule has 1 rings (SSSR count). The van der Waals surface area contributed by atoms with Crippen LogP contribution in [0.5, 0.6) is 0 Å². The van der Waals surface area contributed by atoms with E-state index < -0.39 is 0 Å². The molecule has 0 spiro atoms. The van der Waals surface area contributed by atoms with E-state index in [2.05, 4.69) is 38.2 Å². The molecule has 0 saturated heterocycles. The minimum absolute atomic E-state index is 0.369. The maximum Gasteiger partial charge on any atom is 0.00420 e. The molecule has 0 fully saturated rings. The van der Waals surface area contributed by atoms with Crippen molar-refractivity contribution in [3.63, 3.8) is 0 Å². The van der Waals surface area contributed by atoms with Crippen LogP contribution in [0, 0.1) is 11.8 Å². The van der Waals surface area contributed by atoms with Crippen LogP contribution in [0.1, 0.15) is 26.7 Å². The van der Waals surface area contributed by atoms with E-state index in [1.807, 2.05) is 0 Å². The van der Waals surface area contributed by atoms with E-state index in [-0.39, 0.29) is 0 Å². The van der Waals surface area contributed by atoms with Crippen LogP contribution in [0.3, 0.4) is 0 Å². The second-order valence-electron chi connectivity index (χ2n) is 3.70. The van der Waals surface area contributed by atoms with Crippen LogP contribution in [0.2, 0.25) is 0 Å². The largest absolute Gasteiger partial charge is 0.328 e. The highest BCUT2D eigenvalue weighted by atomic mass is 14.6. The van der Waals surface area contributed by atoms with Gasteiger partial charge in [-0.2, -0.15) is 0 Å². The van der Waals surface area contributed by atoms with Crippen LogP contribution in [0.25, 0.3) is 0 Å². The quantitative estimate of drug-likeness (QED) is 0.683. The third kappa shape index (κ3) is 2.49. The summed E-state index contributed by atoms with van der Waals surface area (Å²) in [6.07, 6.45) is 11.0. The minimum Gasteiger partial charge on any atom is -0.328 e. The Morgan fingerprint density at radius 2 is 2.00 bits per heavy atom. The molecule has 0 radical (unpaired) electrons. The Morgan fingerprint density at radius 1 is 1.33 bits per heavy atom. The van der Waals surface area contributed by atoms with Crippen molar-refractivity contribution in [2.75, 3.05) is 0 Å². The summed E-state index contributed by atoms with van der Waals surface area (Å²) in [5.74, 6) is 1.32. The van der Waals surface area contributed by atoms with Gasteiger partial charge in [0.1, 0.15) is 0 Å². The molecule has 0 heterocycles. The fourth-order valence-electron chi connectivity index (χ4n) is 1.57. The second kappa shape index (κ2) is 4.46. The normalized spacial score (nSPS) is 30.6. The van der Waals surface area contributed by atoms with Gasteiger partial charge in [-0.05, 0) is 24.7 Å². The molecule has 12 heavy (non-hydrogen) atoms. The molecule has 0 aliphatic heterocycles. The molecule has 2 N–H and O–H groups in total. The van der Waals surface area contributed by atoms with Gasteiger partial charge in [0.05, 0.1) is 0 Å². The van der Waals surface area contributed by atoms with Crippen LogP contribution < -0.4 is 5.73 Å². The van der Waals surface area contributed by atoms with Crippen molar-refractivity contribution < 1.29 is 0 Å². The summed E-state index contributed by atoms with van der Waals surface area (Å²) in [6.45, 7) is 4.41. The number of hydrogen-bond acceptors (Lipinski definition) is 1. The summed E-state index contributed by atoms with van der Waals surface area (Å²) in [5, 5.41) is 0. The molecule has 3 atom stereocenters. The Balaban J connectivity index is 2.41. The first-order valence-corrected chi connectivity index (χ1v) is 4.84. The average Bonchev–Trinajstić information content (AvgIpc) is 2.09. The Morgan fingerprint density at radius 3 is 2.58 bits per heavy atom. The number of nitrogens with two attached hydrogens (primary N) is 1. The van der Waals surface area contributed by atoms with Gasteiger partial charge in [-0.25, -0.2) is 0 Å². The van der Waals surface area contributed by atoms with Gasteiger partial charge in [0.25, 0.3) is 0 Å². The zero-order valence-corrected chi connectivity index (χ0v) is 8.03. The molecule has 0 amide bonds. The number of rotatable bonds is 3. The fourth-order valence-corrected chi connectivity index (χ4v) is 1.57. The predicted octanol–water partition coefficient (Wildman–Crippen LogP) is 2.49. The topological polar surface area (TPSA) is 26.0 Å². The molecule has 0 aromatic rings. The summed E-state index contributed by atoms with van der Waals surface area (Å²) in [7, 11) is 0. The minimum atomic E-state index is 0.369. The molecular weight excluding hydrogens is 146 g/mol. The van der Waals surface area contributed by atoms with Crippen LogP contribution in [0.4, 0.5) is 0 Å². The number of hydrogen-bond donors (Lipinski definition) is 1. The monoisotopic (exact) mass is 165 g/mol. The van der Waals surface area contributed by atoms with E-state index in [1.165, 1.54) is 0 Å². The van der Waals surface area contributed by atoms with Crippen LogP contribution >= 0.6 is 0 Å². The van der Waals surface area contributed by atoms with Gasteiger partial charge < -0.3 is 5.73 Å². The summed E-state index contributed by atoms with van der Waals surface area (Å²) in [6, 6.07) is 0.369. The molecule has 0 aromatic carbocycles. The van der Waals surface area contributed by atoms with Gasteiger partial charge in [0.15, 0.2) is 0 Å². The van der Waals surface area contributed by atoms with Crippen molar-refractivity contribution in [2.24, 2.45) is 17.6 Å². The Bertz CT molecular complexity index is 181. The molecule has 68 valence electrons. The van der Waals surface area contributed by atoms with Crippen molar-refractivity contribution >= 4 is 0 Å². The summed E-state index contributed by atoms with van der Waals surface area (Å²) in [5.41, 5.74) is 5.91. The molecule has 1 heteroatoms. The molecule has 0 aromatic heterocycles. The molecule has 1 aliphatic rings. The van der Waals surface area contributed by atoms with E-state index in [0.717, 1.165) is 12.8 Å². The lowest BCUT2D eigenvalue weighted by molar-refractivity contribution is 0.418. The first kappa shape index (κ1) is 9.53. The van der Waals surface area contributed by atoms with Crippen molar-refractivity contribution in [3.05, 3.63) is 24.3 Å². The summed E-state index contributed by atoms with van der Waals surface area (Å²) >= 11 is 0. The maximum atomic E-state index is 5.91. The first-order valence-electron chi connectivity index (χ1n) is 4.84. The highest BCUT2D eigenvalue weighted by Gasteiger charge is 2.16. The van der Waals surface area contributed by atoms with Gasteiger partial charge in [-0.15, -0.1) is 0 Å². The molecule has 1 nitrogen and oxygen atoms in total. The van der Waals surface area contributed by atoms with Crippen molar-refractivity contribution in [2.45, 2.75) is 32.7 Å². The molecule has 1 aliphatic carbocycles. The van der Waals surface area contributed by atoms with Gasteiger partial charge >= 0.3 is 0 Å². The van der Waals surface area contributed by atoms with E-state index in [1.54, 1.807) is 0 Å². The third-order valence-electron chi connectivity index (χ3n) is 2.66. The lowest BCUT2D eigenvalue weighted by Gasteiger charge is -2.22. The zero-order valence-electron chi connectivity index (χ0n) is 8.03. The van der Waals surface area contributed by atoms with Crippen LogP contribution in [-0.4, -0.2) is 6.04 Å². The Kier molecular flexibility index (Phi) is 3.54.